The molecule has 0 unspecified atom stereocenters. The van der Waals surface area contributed by atoms with Crippen LogP contribution >= 0.6 is 23.2 Å². The van der Waals surface area contributed by atoms with Gasteiger partial charge < -0.3 is 14.7 Å². The van der Waals surface area contributed by atoms with Gasteiger partial charge in [-0.25, -0.2) is 0 Å². The maximum atomic E-state index is 14.4. The molecule has 2 aromatic heterocycles. The zero-order chi connectivity index (χ0) is 28.8. The Kier molecular flexibility index (Phi) is 8.04. The van der Waals surface area contributed by atoms with Crippen LogP contribution in [-0.2, 0) is 15.7 Å². The number of carbonyl (C=O) groups is 3. The predicted molar refractivity (Wildman–Crippen MR) is 134 cm³/mol. The second-order valence-corrected chi connectivity index (χ2v) is 11.6. The number of carboxylic acid groups (broad SMARTS) is 1. The Hall–Kier alpha value is -2.70. The number of rotatable bonds is 8. The summed E-state index contributed by atoms with van der Waals surface area (Å²) in [5, 5.41) is 13.3. The van der Waals surface area contributed by atoms with E-state index < -0.39 is 58.5 Å². The number of aliphatic carboxylic acids is 1. The van der Waals surface area contributed by atoms with Gasteiger partial charge in [-0.05, 0) is 32.6 Å². The summed E-state index contributed by atoms with van der Waals surface area (Å²) in [5.74, 6) is -2.69. The van der Waals surface area contributed by atoms with E-state index in [0.29, 0.717) is 0 Å². The van der Waals surface area contributed by atoms with E-state index in [-0.39, 0.29) is 61.1 Å². The van der Waals surface area contributed by atoms with E-state index in [1.54, 1.807) is 13.8 Å². The third-order valence-electron chi connectivity index (χ3n) is 7.44. The number of hydrogen-bond acceptors (Lipinski definition) is 6. The monoisotopic (exact) mass is 590 g/mol. The number of aromatic nitrogens is 3. The molecule has 0 aromatic carbocycles. The molecule has 2 fully saturated rings. The Balaban J connectivity index is 1.67. The number of carboxylic acids is 1. The molecule has 1 aliphatic carbocycles. The van der Waals surface area contributed by atoms with Crippen molar-refractivity contribution >= 4 is 40.9 Å². The van der Waals surface area contributed by atoms with Gasteiger partial charge in [0.25, 0.3) is 5.91 Å². The first kappa shape index (κ1) is 29.3. The topological polar surface area (TPSA) is 115 Å². The molecule has 212 valence electrons. The van der Waals surface area contributed by atoms with Crippen molar-refractivity contribution in [3.05, 3.63) is 45.5 Å². The fourth-order valence-electron chi connectivity index (χ4n) is 5.08. The van der Waals surface area contributed by atoms with Crippen molar-refractivity contribution in [1.29, 1.82) is 0 Å². The Labute approximate surface area is 232 Å². The Bertz CT molecular complexity index is 1270. The summed E-state index contributed by atoms with van der Waals surface area (Å²) in [7, 11) is 0. The average molecular weight is 591 g/mol. The lowest BCUT2D eigenvalue weighted by Gasteiger charge is -2.41. The number of ketones is 1. The average Bonchev–Trinajstić information content (AvgIpc) is 3.28. The van der Waals surface area contributed by atoms with Crippen molar-refractivity contribution in [3.63, 3.8) is 0 Å². The smallest absolute Gasteiger partial charge is 0.433 e. The van der Waals surface area contributed by atoms with Crippen LogP contribution in [0.4, 0.5) is 13.2 Å². The molecule has 1 N–H and O–H groups in total. The van der Waals surface area contributed by atoms with E-state index in [1.807, 2.05) is 0 Å². The SMILES string of the molecule is CC1(CN(CC(=O)c2c(Cl)cncc2Cl)C(=O)c2cnn(C3CCC(C)(C(=O)O)CC3)c2C(F)(F)F)COC1. The van der Waals surface area contributed by atoms with Crippen LogP contribution in [0.2, 0.25) is 10.0 Å². The molecule has 0 atom stereocenters. The number of carbonyl (C=O) groups excluding carboxylic acids is 2. The number of halogens is 5. The molecular formula is C25H27Cl2F3N4O5. The number of amides is 1. The normalized spacial score (nSPS) is 22.7. The first-order valence-corrected chi connectivity index (χ1v) is 13.0. The van der Waals surface area contributed by atoms with E-state index in [1.165, 1.54) is 12.4 Å². The van der Waals surface area contributed by atoms with Crippen molar-refractivity contribution in [3.8, 4) is 0 Å². The summed E-state index contributed by atoms with van der Waals surface area (Å²) in [6, 6.07) is -0.738. The molecule has 2 aromatic rings. The van der Waals surface area contributed by atoms with Gasteiger partial charge in [-0.15, -0.1) is 0 Å². The van der Waals surface area contributed by atoms with Gasteiger partial charge in [0, 0.05) is 24.4 Å². The first-order valence-electron chi connectivity index (χ1n) is 12.2. The van der Waals surface area contributed by atoms with Crippen molar-refractivity contribution in [2.75, 3.05) is 26.3 Å². The van der Waals surface area contributed by atoms with Crippen LogP contribution in [0.25, 0.3) is 0 Å². The number of pyridine rings is 1. The van der Waals surface area contributed by atoms with E-state index >= 15 is 0 Å². The van der Waals surface area contributed by atoms with Gasteiger partial charge in [-0.1, -0.05) is 30.1 Å². The second-order valence-electron chi connectivity index (χ2n) is 10.8. The van der Waals surface area contributed by atoms with E-state index in [2.05, 4.69) is 10.1 Å². The van der Waals surface area contributed by atoms with Gasteiger partial charge in [-0.3, -0.25) is 24.0 Å². The third kappa shape index (κ3) is 5.92. The Morgan fingerprint density at radius 2 is 1.72 bits per heavy atom. The van der Waals surface area contributed by atoms with Gasteiger partial charge in [0.15, 0.2) is 11.5 Å². The lowest BCUT2D eigenvalue weighted by Crippen LogP contribution is -2.51. The minimum absolute atomic E-state index is 0.0486. The number of alkyl halides is 3. The third-order valence-corrected chi connectivity index (χ3v) is 8.02. The Morgan fingerprint density at radius 3 is 2.21 bits per heavy atom. The number of nitrogens with zero attached hydrogens (tertiary/aromatic N) is 4. The van der Waals surface area contributed by atoms with Crippen LogP contribution < -0.4 is 0 Å². The molecule has 1 saturated heterocycles. The van der Waals surface area contributed by atoms with Gasteiger partial charge in [0.1, 0.15) is 0 Å². The summed E-state index contributed by atoms with van der Waals surface area (Å²) >= 11 is 12.2. The largest absolute Gasteiger partial charge is 0.481 e. The number of ether oxygens (including phenoxy) is 1. The van der Waals surface area contributed by atoms with Crippen LogP contribution in [0.15, 0.2) is 18.6 Å². The molecule has 3 heterocycles. The van der Waals surface area contributed by atoms with Crippen molar-refractivity contribution in [2.45, 2.75) is 51.7 Å². The molecule has 1 saturated carbocycles. The lowest BCUT2D eigenvalue weighted by atomic mass is 9.74. The summed E-state index contributed by atoms with van der Waals surface area (Å²) in [6.07, 6.45) is -1.03. The number of hydrogen-bond donors (Lipinski definition) is 1. The minimum Gasteiger partial charge on any atom is -0.481 e. The summed E-state index contributed by atoms with van der Waals surface area (Å²) in [4.78, 5) is 43.3. The fourth-order valence-corrected chi connectivity index (χ4v) is 5.65. The van der Waals surface area contributed by atoms with Crippen LogP contribution in [0.1, 0.15) is 72.0 Å². The molecular weight excluding hydrogens is 564 g/mol. The van der Waals surface area contributed by atoms with Crippen LogP contribution in [0.3, 0.4) is 0 Å². The van der Waals surface area contributed by atoms with Gasteiger partial charge in [-0.2, -0.15) is 18.3 Å². The van der Waals surface area contributed by atoms with Gasteiger partial charge >= 0.3 is 12.1 Å². The second kappa shape index (κ2) is 10.7. The number of Topliss-reactive ketones (excluding diaryl/α,β-unsaturated/α-hetero) is 1. The van der Waals surface area contributed by atoms with E-state index in [9.17, 15) is 32.7 Å². The molecule has 1 aliphatic heterocycles. The zero-order valence-corrected chi connectivity index (χ0v) is 22.7. The minimum atomic E-state index is -4.94. The first-order chi connectivity index (χ1) is 18.2. The summed E-state index contributed by atoms with van der Waals surface area (Å²) < 4.78 is 49.2. The highest BCUT2D eigenvalue weighted by molar-refractivity contribution is 6.39. The Morgan fingerprint density at radius 1 is 1.13 bits per heavy atom. The van der Waals surface area contributed by atoms with Gasteiger partial charge in [0.2, 0.25) is 0 Å². The standard InChI is InChI=1S/C25H27Cl2F3N4O5/c1-23(12-39-13-23)11-33(10-18(35)19-16(26)8-31-9-17(19)27)21(36)15-7-32-34(20(15)25(28,29)30)14-3-5-24(2,6-4-14)22(37)38/h7-9,14H,3-6,10-13H2,1-2H3,(H,37,38). The molecule has 9 nitrogen and oxygen atoms in total. The molecule has 4 rings (SSSR count). The highest BCUT2D eigenvalue weighted by Crippen LogP contribution is 2.43. The molecule has 14 heteroatoms. The lowest BCUT2D eigenvalue weighted by molar-refractivity contribution is -0.152. The van der Waals surface area contributed by atoms with Crippen molar-refractivity contribution in [1.82, 2.24) is 19.7 Å². The fraction of sp³-hybridized carbons (Fsp3) is 0.560. The van der Waals surface area contributed by atoms with Crippen molar-refractivity contribution < 1.29 is 37.4 Å². The van der Waals surface area contributed by atoms with E-state index in [4.69, 9.17) is 27.9 Å². The maximum Gasteiger partial charge on any atom is 0.433 e. The quantitative estimate of drug-likeness (QED) is 0.422. The molecule has 2 aliphatic rings. The van der Waals surface area contributed by atoms with Crippen LogP contribution in [0, 0.1) is 10.8 Å². The molecule has 0 radical (unpaired) electrons. The molecule has 0 spiro atoms. The van der Waals surface area contributed by atoms with Crippen molar-refractivity contribution in [2.24, 2.45) is 10.8 Å². The predicted octanol–water partition coefficient (Wildman–Crippen LogP) is 5.17. The summed E-state index contributed by atoms with van der Waals surface area (Å²) in [6.45, 7) is 3.25. The van der Waals surface area contributed by atoms with E-state index in [0.717, 1.165) is 15.8 Å². The molecule has 0 bridgehead atoms. The molecule has 1 amide bonds. The van der Waals surface area contributed by atoms with Crippen LogP contribution in [0.5, 0.6) is 0 Å². The van der Waals surface area contributed by atoms with Gasteiger partial charge in [0.05, 0.1) is 58.6 Å². The highest BCUT2D eigenvalue weighted by atomic mass is 35.5. The van der Waals surface area contributed by atoms with Crippen LogP contribution in [-0.4, -0.2) is 68.7 Å². The maximum absolute atomic E-state index is 14.4. The highest BCUT2D eigenvalue weighted by Gasteiger charge is 2.46. The molecule has 39 heavy (non-hydrogen) atoms. The summed E-state index contributed by atoms with van der Waals surface area (Å²) in [5.41, 5.74) is -3.62. The zero-order valence-electron chi connectivity index (χ0n) is 21.2.